The molecule has 0 radical (unpaired) electrons. The van der Waals surface area contributed by atoms with Crippen LogP contribution in [-0.2, 0) is 16.1 Å². The third-order valence-corrected chi connectivity index (χ3v) is 3.08. The molecule has 0 spiro atoms. The highest BCUT2D eigenvalue weighted by atomic mass is 16.5. The first kappa shape index (κ1) is 13.9. The molecule has 1 N–H and O–H groups in total. The first-order chi connectivity index (χ1) is 9.70. The molecule has 0 bridgehead atoms. The summed E-state index contributed by atoms with van der Waals surface area (Å²) >= 11 is 0. The van der Waals surface area contributed by atoms with E-state index in [2.05, 4.69) is 11.2 Å². The van der Waals surface area contributed by atoms with Gasteiger partial charge in [-0.15, -0.1) is 6.42 Å². The number of nitrogens with one attached hydrogen (secondary N) is 1. The van der Waals surface area contributed by atoms with Gasteiger partial charge in [-0.1, -0.05) is 36.3 Å². The van der Waals surface area contributed by atoms with E-state index in [1.165, 1.54) is 0 Å². The fourth-order valence-electron chi connectivity index (χ4n) is 2.05. The van der Waals surface area contributed by atoms with Crippen LogP contribution in [0.4, 0.5) is 4.79 Å². The van der Waals surface area contributed by atoms with E-state index in [1.807, 2.05) is 30.3 Å². The van der Waals surface area contributed by atoms with Gasteiger partial charge >= 0.3 is 6.09 Å². The number of ether oxygens (including phenoxy) is 1. The molecular weight excluding hydrogens is 256 g/mol. The average molecular weight is 272 g/mol. The molecule has 1 aliphatic rings. The van der Waals surface area contributed by atoms with Gasteiger partial charge < -0.3 is 15.0 Å². The molecule has 1 aromatic rings. The Bertz CT molecular complexity index is 522. The fourth-order valence-corrected chi connectivity index (χ4v) is 2.05. The monoisotopic (exact) mass is 272 g/mol. The number of terminal acetylenes is 1. The molecule has 0 aliphatic carbocycles. The number of hydrogen-bond donors (Lipinski definition) is 1. The summed E-state index contributed by atoms with van der Waals surface area (Å²) in [5.74, 6) is 2.27. The minimum atomic E-state index is -0.588. The SMILES string of the molecule is C#CCN1CC[C@H](NC(=O)OCc2ccccc2)C1=O. The van der Waals surface area contributed by atoms with Crippen LogP contribution < -0.4 is 5.32 Å². The predicted molar refractivity (Wildman–Crippen MR) is 73.6 cm³/mol. The lowest BCUT2D eigenvalue weighted by Crippen LogP contribution is -2.41. The minimum absolute atomic E-state index is 0.153. The van der Waals surface area contributed by atoms with E-state index < -0.39 is 12.1 Å². The molecule has 0 unspecified atom stereocenters. The second-order valence-corrected chi connectivity index (χ2v) is 4.51. The normalized spacial score (nSPS) is 17.6. The molecule has 20 heavy (non-hydrogen) atoms. The van der Waals surface area contributed by atoms with Gasteiger partial charge in [0.25, 0.3) is 0 Å². The van der Waals surface area contributed by atoms with Crippen molar-refractivity contribution < 1.29 is 14.3 Å². The molecule has 1 heterocycles. The summed E-state index contributed by atoms with van der Waals surface area (Å²) in [4.78, 5) is 25.0. The second kappa shape index (κ2) is 6.62. The highest BCUT2D eigenvalue weighted by Crippen LogP contribution is 2.10. The van der Waals surface area contributed by atoms with Crippen molar-refractivity contribution in [2.45, 2.75) is 19.1 Å². The highest BCUT2D eigenvalue weighted by molar-refractivity contribution is 5.87. The molecule has 1 saturated heterocycles. The van der Waals surface area contributed by atoms with Crippen LogP contribution in [0.2, 0.25) is 0 Å². The first-order valence-electron chi connectivity index (χ1n) is 6.40. The number of carbonyl (C=O) groups is 2. The number of nitrogens with zero attached hydrogens (tertiary/aromatic N) is 1. The molecule has 0 aromatic heterocycles. The van der Waals surface area contributed by atoms with Crippen molar-refractivity contribution in [2.24, 2.45) is 0 Å². The van der Waals surface area contributed by atoms with Gasteiger partial charge in [-0.25, -0.2) is 4.79 Å². The van der Waals surface area contributed by atoms with Gasteiger partial charge in [-0.05, 0) is 12.0 Å². The van der Waals surface area contributed by atoms with Gasteiger partial charge in [0.1, 0.15) is 12.6 Å². The van der Waals surface area contributed by atoms with Crippen LogP contribution in [0.3, 0.4) is 0 Å². The zero-order valence-electron chi connectivity index (χ0n) is 11.0. The standard InChI is InChI=1S/C15H16N2O3/c1-2-9-17-10-8-13(14(17)18)16-15(19)20-11-12-6-4-3-5-7-12/h1,3-7,13H,8-11H2,(H,16,19)/t13-/m0/s1. The summed E-state index contributed by atoms with van der Waals surface area (Å²) in [5.41, 5.74) is 0.898. The van der Waals surface area contributed by atoms with Crippen LogP contribution in [0.25, 0.3) is 0 Å². The van der Waals surface area contributed by atoms with Gasteiger partial charge in [0, 0.05) is 6.54 Å². The van der Waals surface area contributed by atoms with Crippen molar-refractivity contribution >= 4 is 12.0 Å². The van der Waals surface area contributed by atoms with Crippen molar-refractivity contribution in [1.82, 2.24) is 10.2 Å². The van der Waals surface area contributed by atoms with Crippen molar-refractivity contribution in [3.63, 3.8) is 0 Å². The summed E-state index contributed by atoms with van der Waals surface area (Å²) in [5, 5.41) is 2.57. The number of amides is 2. The molecular formula is C15H16N2O3. The van der Waals surface area contributed by atoms with Crippen LogP contribution in [0.5, 0.6) is 0 Å². The largest absolute Gasteiger partial charge is 0.445 e. The van der Waals surface area contributed by atoms with E-state index >= 15 is 0 Å². The topological polar surface area (TPSA) is 58.6 Å². The lowest BCUT2D eigenvalue weighted by molar-refractivity contribution is -0.128. The molecule has 5 heteroatoms. The Kier molecular flexibility index (Phi) is 4.61. The molecule has 2 amide bonds. The Morgan fingerprint density at radius 3 is 2.90 bits per heavy atom. The maximum atomic E-state index is 11.9. The van der Waals surface area contributed by atoms with Gasteiger partial charge in [0.2, 0.25) is 5.91 Å². The maximum absolute atomic E-state index is 11.9. The van der Waals surface area contributed by atoms with Crippen LogP contribution in [0.15, 0.2) is 30.3 Å². The Morgan fingerprint density at radius 2 is 2.20 bits per heavy atom. The number of alkyl carbamates (subject to hydrolysis) is 1. The summed E-state index contributed by atoms with van der Waals surface area (Å²) in [7, 11) is 0. The van der Waals surface area contributed by atoms with E-state index in [4.69, 9.17) is 11.2 Å². The van der Waals surface area contributed by atoms with Crippen LogP contribution in [0.1, 0.15) is 12.0 Å². The Balaban J connectivity index is 1.78. The maximum Gasteiger partial charge on any atom is 0.408 e. The molecule has 0 saturated carbocycles. The zero-order chi connectivity index (χ0) is 14.4. The fraction of sp³-hybridized carbons (Fsp3) is 0.333. The van der Waals surface area contributed by atoms with Crippen molar-refractivity contribution in [3.8, 4) is 12.3 Å². The van der Waals surface area contributed by atoms with E-state index in [-0.39, 0.29) is 19.1 Å². The Morgan fingerprint density at radius 1 is 1.45 bits per heavy atom. The first-order valence-corrected chi connectivity index (χ1v) is 6.40. The highest BCUT2D eigenvalue weighted by Gasteiger charge is 2.32. The summed E-state index contributed by atoms with van der Waals surface area (Å²) in [6.45, 7) is 1.02. The van der Waals surface area contributed by atoms with Crippen molar-refractivity contribution in [3.05, 3.63) is 35.9 Å². The van der Waals surface area contributed by atoms with Crippen molar-refractivity contribution in [1.29, 1.82) is 0 Å². The van der Waals surface area contributed by atoms with Crippen LogP contribution in [-0.4, -0.2) is 36.0 Å². The third-order valence-electron chi connectivity index (χ3n) is 3.08. The molecule has 1 fully saturated rings. The second-order valence-electron chi connectivity index (χ2n) is 4.51. The van der Waals surface area contributed by atoms with Crippen LogP contribution >= 0.6 is 0 Å². The van der Waals surface area contributed by atoms with E-state index in [0.29, 0.717) is 13.0 Å². The number of carbonyl (C=O) groups excluding carboxylic acids is 2. The minimum Gasteiger partial charge on any atom is -0.445 e. The lowest BCUT2D eigenvalue weighted by Gasteiger charge is -2.14. The quantitative estimate of drug-likeness (QED) is 0.836. The zero-order valence-corrected chi connectivity index (χ0v) is 11.0. The Labute approximate surface area is 117 Å². The predicted octanol–water partition coefficient (Wildman–Crippen LogP) is 1.15. The molecule has 1 atom stereocenters. The molecule has 2 rings (SSSR count). The van der Waals surface area contributed by atoms with E-state index in [1.54, 1.807) is 4.90 Å². The van der Waals surface area contributed by atoms with Gasteiger partial charge in [-0.3, -0.25) is 4.79 Å². The summed E-state index contributed by atoms with van der Waals surface area (Å²) in [6, 6.07) is 8.82. The van der Waals surface area contributed by atoms with Crippen molar-refractivity contribution in [2.75, 3.05) is 13.1 Å². The summed E-state index contributed by atoms with van der Waals surface area (Å²) in [6.07, 6.45) is 5.14. The van der Waals surface area contributed by atoms with Gasteiger partial charge in [0.05, 0.1) is 6.54 Å². The van der Waals surface area contributed by atoms with E-state index in [9.17, 15) is 9.59 Å². The molecule has 104 valence electrons. The number of hydrogen-bond acceptors (Lipinski definition) is 3. The molecule has 5 nitrogen and oxygen atoms in total. The lowest BCUT2D eigenvalue weighted by atomic mass is 10.2. The van der Waals surface area contributed by atoms with Crippen LogP contribution in [0, 0.1) is 12.3 Å². The van der Waals surface area contributed by atoms with Gasteiger partial charge in [-0.2, -0.15) is 0 Å². The van der Waals surface area contributed by atoms with E-state index in [0.717, 1.165) is 5.56 Å². The smallest absolute Gasteiger partial charge is 0.408 e. The van der Waals surface area contributed by atoms with Gasteiger partial charge in [0.15, 0.2) is 0 Å². The number of rotatable bonds is 4. The molecule has 1 aliphatic heterocycles. The molecule has 1 aromatic carbocycles. The number of likely N-dealkylation sites (tertiary alicyclic amines) is 1. The summed E-state index contributed by atoms with van der Waals surface area (Å²) < 4.78 is 5.07. The Hall–Kier alpha value is -2.48. The average Bonchev–Trinajstić information content (AvgIpc) is 2.80. The number of benzene rings is 1. The third kappa shape index (κ3) is 3.51.